The topological polar surface area (TPSA) is 51.2 Å². The fraction of sp³-hybridized carbons (Fsp3) is 0.200. The molecule has 1 N–H and O–H groups in total. The van der Waals surface area contributed by atoms with Crippen LogP contribution in [0.3, 0.4) is 0 Å². The number of benzene rings is 1. The van der Waals surface area contributed by atoms with E-state index < -0.39 is 18.1 Å². The number of hydrogen-bond acceptors (Lipinski definition) is 3. The summed E-state index contributed by atoms with van der Waals surface area (Å²) in [6.07, 6.45) is -1.98. The number of rotatable bonds is 4. The third kappa shape index (κ3) is 3.75. The third-order valence-corrected chi connectivity index (χ3v) is 2.98. The number of ether oxygens (including phenoxy) is 1. The Labute approximate surface area is 124 Å². The molecule has 1 amide bonds. The van der Waals surface area contributed by atoms with Gasteiger partial charge in [-0.15, -0.1) is 0 Å². The first-order valence-corrected chi connectivity index (χ1v) is 6.33. The maximum atomic E-state index is 13.2. The molecule has 116 valence electrons. The molecule has 0 fully saturated rings. The van der Waals surface area contributed by atoms with Gasteiger partial charge in [-0.05, 0) is 29.8 Å². The van der Waals surface area contributed by atoms with E-state index >= 15 is 0 Å². The first kappa shape index (κ1) is 15.8. The van der Waals surface area contributed by atoms with Gasteiger partial charge in [-0.25, -0.2) is 0 Å². The number of aromatic nitrogens is 1. The van der Waals surface area contributed by atoms with Gasteiger partial charge in [-0.1, -0.05) is 12.1 Å². The first-order valence-electron chi connectivity index (χ1n) is 6.33. The van der Waals surface area contributed by atoms with Gasteiger partial charge in [0.2, 0.25) is 0 Å². The molecule has 22 heavy (non-hydrogen) atoms. The quantitative estimate of drug-likeness (QED) is 0.944. The van der Waals surface area contributed by atoms with Crippen molar-refractivity contribution in [3.63, 3.8) is 0 Å². The number of hydrogen-bond donors (Lipinski definition) is 1. The third-order valence-electron chi connectivity index (χ3n) is 2.98. The number of alkyl halides is 3. The summed E-state index contributed by atoms with van der Waals surface area (Å²) in [6, 6.07) is 6.11. The van der Waals surface area contributed by atoms with Gasteiger partial charge in [0.05, 0.1) is 12.7 Å². The highest BCUT2D eigenvalue weighted by atomic mass is 19.4. The Morgan fingerprint density at radius 3 is 2.41 bits per heavy atom. The van der Waals surface area contributed by atoms with Crippen LogP contribution >= 0.6 is 0 Å². The molecular weight excluding hydrogens is 297 g/mol. The van der Waals surface area contributed by atoms with E-state index in [2.05, 4.69) is 4.98 Å². The lowest BCUT2D eigenvalue weighted by atomic mass is 10.1. The summed E-state index contributed by atoms with van der Waals surface area (Å²) in [6.45, 7) is 0. The van der Waals surface area contributed by atoms with Crippen molar-refractivity contribution in [3.8, 4) is 5.75 Å². The van der Waals surface area contributed by atoms with E-state index in [1.54, 1.807) is 0 Å². The van der Waals surface area contributed by atoms with Gasteiger partial charge in [-0.3, -0.25) is 9.78 Å². The highest BCUT2D eigenvalue weighted by molar-refractivity contribution is 5.94. The van der Waals surface area contributed by atoms with Crippen LogP contribution in [0.4, 0.5) is 13.2 Å². The van der Waals surface area contributed by atoms with Gasteiger partial charge < -0.3 is 10.1 Å². The molecule has 1 atom stereocenters. The Kier molecular flexibility index (Phi) is 4.65. The zero-order valence-corrected chi connectivity index (χ0v) is 11.6. The Hall–Kier alpha value is -2.57. The van der Waals surface area contributed by atoms with E-state index in [-0.39, 0.29) is 11.1 Å². The monoisotopic (exact) mass is 310 g/mol. The number of pyridine rings is 1. The molecule has 0 aliphatic carbocycles. The lowest BCUT2D eigenvalue weighted by molar-refractivity contribution is -0.155. The molecule has 0 saturated heterocycles. The van der Waals surface area contributed by atoms with Crippen LogP contribution < -0.4 is 10.1 Å². The van der Waals surface area contributed by atoms with E-state index in [1.807, 2.05) is 5.32 Å². The van der Waals surface area contributed by atoms with Gasteiger partial charge in [0.1, 0.15) is 5.75 Å². The minimum atomic E-state index is -4.62. The van der Waals surface area contributed by atoms with E-state index in [9.17, 15) is 18.0 Å². The van der Waals surface area contributed by atoms with Crippen LogP contribution in [0, 0.1) is 0 Å². The van der Waals surface area contributed by atoms with E-state index in [1.165, 1.54) is 55.9 Å². The minimum Gasteiger partial charge on any atom is -0.497 e. The van der Waals surface area contributed by atoms with Crippen LogP contribution in [-0.4, -0.2) is 24.2 Å². The summed E-state index contributed by atoms with van der Waals surface area (Å²) in [4.78, 5) is 15.6. The summed E-state index contributed by atoms with van der Waals surface area (Å²) in [5.74, 6) is -0.408. The molecule has 1 unspecified atom stereocenters. The Bertz CT molecular complexity index is 627. The minimum absolute atomic E-state index is 0.0604. The Morgan fingerprint density at radius 1 is 1.23 bits per heavy atom. The van der Waals surface area contributed by atoms with Crippen LogP contribution in [0.5, 0.6) is 5.75 Å². The number of carbonyl (C=O) groups excluding carboxylic acids is 1. The van der Waals surface area contributed by atoms with Crippen LogP contribution in [0.2, 0.25) is 0 Å². The molecule has 7 heteroatoms. The zero-order valence-electron chi connectivity index (χ0n) is 11.6. The highest BCUT2D eigenvalue weighted by Crippen LogP contribution is 2.33. The fourth-order valence-corrected chi connectivity index (χ4v) is 1.86. The average Bonchev–Trinajstić information content (AvgIpc) is 2.52. The smallest absolute Gasteiger partial charge is 0.412 e. The van der Waals surface area contributed by atoms with Crippen molar-refractivity contribution in [1.82, 2.24) is 10.3 Å². The van der Waals surface area contributed by atoms with Gasteiger partial charge >= 0.3 is 6.18 Å². The molecule has 1 aromatic heterocycles. The number of nitrogens with zero attached hydrogens (tertiary/aromatic N) is 1. The van der Waals surface area contributed by atoms with Gasteiger partial charge in [0.15, 0.2) is 6.04 Å². The second kappa shape index (κ2) is 6.46. The van der Waals surface area contributed by atoms with Crippen LogP contribution in [0.15, 0.2) is 48.8 Å². The van der Waals surface area contributed by atoms with E-state index in [0.717, 1.165) is 0 Å². The predicted molar refractivity (Wildman–Crippen MR) is 73.5 cm³/mol. The van der Waals surface area contributed by atoms with E-state index in [0.29, 0.717) is 5.75 Å². The molecule has 1 heterocycles. The van der Waals surface area contributed by atoms with Crippen molar-refractivity contribution in [2.45, 2.75) is 12.2 Å². The normalized spacial score (nSPS) is 12.5. The largest absolute Gasteiger partial charge is 0.497 e. The van der Waals surface area contributed by atoms with Crippen LogP contribution in [0.1, 0.15) is 22.0 Å². The van der Waals surface area contributed by atoms with Crippen molar-refractivity contribution in [1.29, 1.82) is 0 Å². The number of halogens is 3. The summed E-state index contributed by atoms with van der Waals surface area (Å²) >= 11 is 0. The van der Waals surface area contributed by atoms with Gasteiger partial charge in [-0.2, -0.15) is 13.2 Å². The van der Waals surface area contributed by atoms with Gasteiger partial charge in [0, 0.05) is 12.4 Å². The summed E-state index contributed by atoms with van der Waals surface area (Å²) < 4.78 is 44.5. The Balaban J connectivity index is 2.25. The molecule has 2 aromatic rings. The molecule has 0 aliphatic rings. The number of carbonyl (C=O) groups is 1. The maximum Gasteiger partial charge on any atom is 0.412 e. The van der Waals surface area contributed by atoms with E-state index in [4.69, 9.17) is 4.74 Å². The standard InChI is InChI=1S/C15H13F3N2O2/c1-22-12-6-4-10(5-7-12)13(15(16,17)18)20-14(21)11-3-2-8-19-9-11/h2-9,13H,1H3,(H,20,21). The molecule has 1 aromatic carbocycles. The number of amides is 1. The molecule has 0 aliphatic heterocycles. The fourth-order valence-electron chi connectivity index (χ4n) is 1.86. The van der Waals surface area contributed by atoms with Crippen LogP contribution in [0.25, 0.3) is 0 Å². The number of nitrogens with one attached hydrogen (secondary N) is 1. The maximum absolute atomic E-state index is 13.2. The number of methoxy groups -OCH3 is 1. The first-order chi connectivity index (χ1) is 10.4. The lowest BCUT2D eigenvalue weighted by Crippen LogP contribution is -2.38. The molecule has 2 rings (SSSR count). The summed E-state index contributed by atoms with van der Waals surface area (Å²) in [7, 11) is 1.42. The van der Waals surface area contributed by atoms with Crippen molar-refractivity contribution in [2.24, 2.45) is 0 Å². The van der Waals surface area contributed by atoms with Crippen LogP contribution in [-0.2, 0) is 0 Å². The molecule has 0 radical (unpaired) electrons. The highest BCUT2D eigenvalue weighted by Gasteiger charge is 2.42. The van der Waals surface area contributed by atoms with Crippen molar-refractivity contribution in [2.75, 3.05) is 7.11 Å². The van der Waals surface area contributed by atoms with Crippen molar-refractivity contribution in [3.05, 3.63) is 59.9 Å². The second-order valence-electron chi connectivity index (χ2n) is 4.46. The Morgan fingerprint density at radius 2 is 1.91 bits per heavy atom. The van der Waals surface area contributed by atoms with Crippen molar-refractivity contribution < 1.29 is 22.7 Å². The molecule has 0 spiro atoms. The summed E-state index contributed by atoms with van der Waals surface area (Å²) in [5.41, 5.74) is -0.0178. The molecule has 0 bridgehead atoms. The van der Waals surface area contributed by atoms with Crippen molar-refractivity contribution >= 4 is 5.91 Å². The van der Waals surface area contributed by atoms with Gasteiger partial charge in [0.25, 0.3) is 5.91 Å². The lowest BCUT2D eigenvalue weighted by Gasteiger charge is -2.22. The summed E-state index contributed by atoms with van der Waals surface area (Å²) in [5, 5.41) is 1.98. The predicted octanol–water partition coefficient (Wildman–Crippen LogP) is 3.12. The molecule has 0 saturated carbocycles. The average molecular weight is 310 g/mol. The second-order valence-corrected chi connectivity index (χ2v) is 4.46. The molecular formula is C15H13F3N2O2. The zero-order chi connectivity index (χ0) is 16.2. The SMILES string of the molecule is COc1ccc(C(NC(=O)c2cccnc2)C(F)(F)F)cc1. The molecule has 4 nitrogen and oxygen atoms in total.